The molecule has 4 rings (SSSR count). The molecule has 8 heteroatoms. The molecule has 3 heterocycles. The second-order valence-electron chi connectivity index (χ2n) is 6.89. The SMILES string of the molecule is Cc1cc(C)cc(OCn2ccc(C(=O)NCCc3nnc4ccccn34)n2)c1. The van der Waals surface area contributed by atoms with Crippen molar-refractivity contribution in [1.82, 2.24) is 29.7 Å². The van der Waals surface area contributed by atoms with Gasteiger partial charge in [0.25, 0.3) is 5.91 Å². The number of carbonyl (C=O) groups excluding carboxylic acids is 1. The van der Waals surface area contributed by atoms with E-state index in [1.165, 1.54) is 0 Å². The van der Waals surface area contributed by atoms with Gasteiger partial charge in [0, 0.05) is 25.4 Å². The third-order valence-electron chi connectivity index (χ3n) is 4.45. The van der Waals surface area contributed by atoms with E-state index in [0.717, 1.165) is 28.3 Å². The normalized spacial score (nSPS) is 11.0. The number of carbonyl (C=O) groups is 1. The van der Waals surface area contributed by atoms with Crippen LogP contribution >= 0.6 is 0 Å². The zero-order chi connectivity index (χ0) is 20.2. The van der Waals surface area contributed by atoms with Crippen LogP contribution in [0.2, 0.25) is 0 Å². The number of hydrogen-bond acceptors (Lipinski definition) is 5. The van der Waals surface area contributed by atoms with Crippen LogP contribution in [0.4, 0.5) is 0 Å². The number of ether oxygens (including phenoxy) is 1. The number of pyridine rings is 1. The average molecular weight is 390 g/mol. The van der Waals surface area contributed by atoms with Gasteiger partial charge in [0.2, 0.25) is 0 Å². The number of aromatic nitrogens is 5. The minimum atomic E-state index is -0.232. The van der Waals surface area contributed by atoms with Gasteiger partial charge >= 0.3 is 0 Å². The van der Waals surface area contributed by atoms with Crippen molar-refractivity contribution in [2.45, 2.75) is 27.0 Å². The molecule has 0 aliphatic rings. The van der Waals surface area contributed by atoms with Gasteiger partial charge in [-0.3, -0.25) is 9.20 Å². The van der Waals surface area contributed by atoms with Crippen molar-refractivity contribution in [2.75, 3.05) is 6.54 Å². The summed E-state index contributed by atoms with van der Waals surface area (Å²) in [5.74, 6) is 1.35. The van der Waals surface area contributed by atoms with E-state index in [0.29, 0.717) is 18.7 Å². The second-order valence-corrected chi connectivity index (χ2v) is 6.89. The van der Waals surface area contributed by atoms with E-state index in [1.807, 2.05) is 54.8 Å². The van der Waals surface area contributed by atoms with E-state index in [1.54, 1.807) is 16.9 Å². The van der Waals surface area contributed by atoms with Crippen molar-refractivity contribution < 1.29 is 9.53 Å². The van der Waals surface area contributed by atoms with E-state index in [2.05, 4.69) is 26.7 Å². The fourth-order valence-electron chi connectivity index (χ4n) is 3.15. The second kappa shape index (κ2) is 8.14. The Labute approximate surface area is 168 Å². The summed E-state index contributed by atoms with van der Waals surface area (Å²) >= 11 is 0. The number of rotatable bonds is 7. The first-order valence-electron chi connectivity index (χ1n) is 9.40. The molecule has 1 amide bonds. The molecule has 0 fully saturated rings. The highest BCUT2D eigenvalue weighted by Crippen LogP contribution is 2.16. The predicted octanol–water partition coefficient (Wildman–Crippen LogP) is 2.55. The molecule has 0 spiro atoms. The summed E-state index contributed by atoms with van der Waals surface area (Å²) in [7, 11) is 0. The van der Waals surface area contributed by atoms with Crippen LogP contribution in [0.5, 0.6) is 5.75 Å². The topological polar surface area (TPSA) is 86.3 Å². The highest BCUT2D eigenvalue weighted by molar-refractivity contribution is 5.92. The standard InChI is InChI=1S/C21H22N6O2/c1-15-11-16(2)13-17(12-15)29-14-26-10-7-18(25-26)21(28)22-8-6-20-24-23-19-5-3-4-9-27(19)20/h3-5,7,9-13H,6,8,14H2,1-2H3,(H,22,28). The van der Waals surface area contributed by atoms with Gasteiger partial charge in [-0.2, -0.15) is 5.10 Å². The third-order valence-corrected chi connectivity index (χ3v) is 4.45. The van der Waals surface area contributed by atoms with Crippen LogP contribution in [0.3, 0.4) is 0 Å². The number of fused-ring (bicyclic) bond motifs is 1. The fourth-order valence-corrected chi connectivity index (χ4v) is 3.15. The molecular weight excluding hydrogens is 368 g/mol. The highest BCUT2D eigenvalue weighted by Gasteiger charge is 2.11. The summed E-state index contributed by atoms with van der Waals surface area (Å²) in [5.41, 5.74) is 3.42. The van der Waals surface area contributed by atoms with Gasteiger partial charge in [-0.05, 0) is 55.3 Å². The van der Waals surface area contributed by atoms with E-state index in [9.17, 15) is 4.79 Å². The van der Waals surface area contributed by atoms with Gasteiger partial charge in [0.05, 0.1) is 0 Å². The maximum atomic E-state index is 12.3. The molecule has 0 bridgehead atoms. The van der Waals surface area contributed by atoms with E-state index in [-0.39, 0.29) is 12.6 Å². The summed E-state index contributed by atoms with van der Waals surface area (Å²) in [6, 6.07) is 13.4. The minimum absolute atomic E-state index is 0.232. The molecule has 3 aromatic heterocycles. The fraction of sp³-hybridized carbons (Fsp3) is 0.238. The Morgan fingerprint density at radius 3 is 2.72 bits per heavy atom. The summed E-state index contributed by atoms with van der Waals surface area (Å²) in [6.45, 7) is 4.74. The summed E-state index contributed by atoms with van der Waals surface area (Å²) in [5, 5.41) is 15.4. The molecule has 29 heavy (non-hydrogen) atoms. The first kappa shape index (κ1) is 18.7. The molecular formula is C21H22N6O2. The molecule has 0 saturated carbocycles. The molecule has 1 N–H and O–H groups in total. The monoisotopic (exact) mass is 390 g/mol. The van der Waals surface area contributed by atoms with E-state index in [4.69, 9.17) is 4.74 Å². The average Bonchev–Trinajstić information content (AvgIpc) is 3.33. The Bertz CT molecular complexity index is 1130. The predicted molar refractivity (Wildman–Crippen MR) is 108 cm³/mol. The van der Waals surface area contributed by atoms with Crippen molar-refractivity contribution in [2.24, 2.45) is 0 Å². The van der Waals surface area contributed by atoms with Gasteiger partial charge in [0.15, 0.2) is 12.4 Å². The van der Waals surface area contributed by atoms with Crippen LogP contribution < -0.4 is 10.1 Å². The lowest BCUT2D eigenvalue weighted by Crippen LogP contribution is -2.26. The lowest BCUT2D eigenvalue weighted by molar-refractivity contribution is 0.0947. The van der Waals surface area contributed by atoms with Gasteiger partial charge in [0.1, 0.15) is 17.3 Å². The number of hydrogen-bond donors (Lipinski definition) is 1. The van der Waals surface area contributed by atoms with Gasteiger partial charge < -0.3 is 10.1 Å². The molecule has 8 nitrogen and oxygen atoms in total. The molecule has 0 aliphatic heterocycles. The lowest BCUT2D eigenvalue weighted by Gasteiger charge is -2.08. The maximum absolute atomic E-state index is 12.3. The number of nitrogens with zero attached hydrogens (tertiary/aromatic N) is 5. The highest BCUT2D eigenvalue weighted by atomic mass is 16.5. The number of benzene rings is 1. The van der Waals surface area contributed by atoms with Crippen molar-refractivity contribution in [1.29, 1.82) is 0 Å². The van der Waals surface area contributed by atoms with Crippen LogP contribution in [-0.4, -0.2) is 36.8 Å². The van der Waals surface area contributed by atoms with Crippen LogP contribution in [0.15, 0.2) is 54.9 Å². The molecule has 0 radical (unpaired) electrons. The molecule has 4 aromatic rings. The molecule has 0 atom stereocenters. The molecule has 0 unspecified atom stereocenters. The first-order chi connectivity index (χ1) is 14.1. The van der Waals surface area contributed by atoms with Gasteiger partial charge in [-0.25, -0.2) is 4.68 Å². The van der Waals surface area contributed by atoms with Crippen LogP contribution in [0.1, 0.15) is 27.4 Å². The zero-order valence-electron chi connectivity index (χ0n) is 16.4. The van der Waals surface area contributed by atoms with Crippen molar-refractivity contribution in [3.63, 3.8) is 0 Å². The molecule has 1 aromatic carbocycles. The Hall–Kier alpha value is -3.68. The van der Waals surface area contributed by atoms with Crippen molar-refractivity contribution >= 4 is 11.6 Å². The number of amides is 1. The smallest absolute Gasteiger partial charge is 0.271 e. The quantitative estimate of drug-likeness (QED) is 0.524. The minimum Gasteiger partial charge on any atom is -0.471 e. The Kier molecular flexibility index (Phi) is 5.24. The largest absolute Gasteiger partial charge is 0.471 e. The molecule has 148 valence electrons. The third kappa shape index (κ3) is 4.43. The van der Waals surface area contributed by atoms with Crippen LogP contribution in [-0.2, 0) is 13.2 Å². The molecule has 0 saturated heterocycles. The van der Waals surface area contributed by atoms with Crippen molar-refractivity contribution in [3.8, 4) is 5.75 Å². The van der Waals surface area contributed by atoms with Crippen molar-refractivity contribution in [3.05, 3.63) is 77.5 Å². The lowest BCUT2D eigenvalue weighted by atomic mass is 10.1. The Morgan fingerprint density at radius 1 is 1.07 bits per heavy atom. The van der Waals surface area contributed by atoms with Crippen LogP contribution in [0, 0.1) is 13.8 Å². The number of aryl methyl sites for hydroxylation is 2. The Morgan fingerprint density at radius 2 is 1.90 bits per heavy atom. The molecule has 0 aliphatic carbocycles. The summed E-state index contributed by atoms with van der Waals surface area (Å²) < 4.78 is 9.27. The first-order valence-corrected chi connectivity index (χ1v) is 9.40. The summed E-state index contributed by atoms with van der Waals surface area (Å²) in [4.78, 5) is 12.3. The Balaban J connectivity index is 1.30. The van der Waals surface area contributed by atoms with Gasteiger partial charge in [-0.15, -0.1) is 10.2 Å². The van der Waals surface area contributed by atoms with E-state index < -0.39 is 0 Å². The summed E-state index contributed by atoms with van der Waals surface area (Å²) in [6.07, 6.45) is 4.21. The number of nitrogens with one attached hydrogen (secondary N) is 1. The van der Waals surface area contributed by atoms with Gasteiger partial charge in [-0.1, -0.05) is 12.1 Å². The van der Waals surface area contributed by atoms with E-state index >= 15 is 0 Å². The maximum Gasteiger partial charge on any atom is 0.271 e. The van der Waals surface area contributed by atoms with Crippen LogP contribution in [0.25, 0.3) is 5.65 Å². The zero-order valence-corrected chi connectivity index (χ0v) is 16.4.